The summed E-state index contributed by atoms with van der Waals surface area (Å²) in [5, 5.41) is 0. The van der Waals surface area contributed by atoms with Gasteiger partial charge in [0.05, 0.1) is 20.3 Å². The van der Waals surface area contributed by atoms with Crippen LogP contribution in [0, 0.1) is 0 Å². The van der Waals surface area contributed by atoms with E-state index in [4.69, 9.17) is 18.9 Å². The molecule has 0 bridgehead atoms. The van der Waals surface area contributed by atoms with Crippen LogP contribution in [0.2, 0.25) is 0 Å². The summed E-state index contributed by atoms with van der Waals surface area (Å²) >= 11 is 3.59. The molecular formula is C20H30BrNO5. The normalized spacial score (nSPS) is 14.0. The standard InChI is InChI=1S/C20H30BrNO5/c1-20(2,3)27-19(23)22(15-7-8-15)13-14-11-18(26-10-6-9-24-4)17(25-5)12-16(14)21/h11-12,15H,6-10,13H2,1-5H3. The summed E-state index contributed by atoms with van der Waals surface area (Å²) in [7, 11) is 3.28. The molecule has 0 unspecified atom stereocenters. The summed E-state index contributed by atoms with van der Waals surface area (Å²) in [6, 6.07) is 4.04. The van der Waals surface area contributed by atoms with Crippen molar-refractivity contribution in [3.63, 3.8) is 0 Å². The number of amides is 1. The summed E-state index contributed by atoms with van der Waals surface area (Å²) in [5.74, 6) is 1.31. The topological polar surface area (TPSA) is 57.2 Å². The number of ether oxygens (including phenoxy) is 4. The molecule has 0 saturated heterocycles. The summed E-state index contributed by atoms with van der Waals surface area (Å²) in [4.78, 5) is 14.4. The van der Waals surface area contributed by atoms with Gasteiger partial charge in [-0.2, -0.15) is 0 Å². The quantitative estimate of drug-likeness (QED) is 0.514. The average molecular weight is 444 g/mol. The second-order valence-corrected chi connectivity index (χ2v) is 8.48. The Morgan fingerprint density at radius 1 is 1.19 bits per heavy atom. The third-order valence-electron chi connectivity index (χ3n) is 4.04. The molecule has 0 spiro atoms. The molecule has 1 aliphatic carbocycles. The molecule has 6 nitrogen and oxygen atoms in total. The van der Waals surface area contributed by atoms with E-state index in [2.05, 4.69) is 15.9 Å². The van der Waals surface area contributed by atoms with E-state index in [9.17, 15) is 4.79 Å². The highest BCUT2D eigenvalue weighted by Crippen LogP contribution is 2.36. The number of carbonyl (C=O) groups excluding carboxylic acids is 1. The summed E-state index contributed by atoms with van der Waals surface area (Å²) < 4.78 is 22.8. The van der Waals surface area contributed by atoms with Gasteiger partial charge in [-0.25, -0.2) is 4.79 Å². The molecule has 2 rings (SSSR count). The van der Waals surface area contributed by atoms with Gasteiger partial charge in [0.15, 0.2) is 11.5 Å². The highest BCUT2D eigenvalue weighted by atomic mass is 79.9. The van der Waals surface area contributed by atoms with E-state index < -0.39 is 5.60 Å². The lowest BCUT2D eigenvalue weighted by Crippen LogP contribution is -2.37. The van der Waals surface area contributed by atoms with Crippen molar-refractivity contribution in [2.75, 3.05) is 27.4 Å². The van der Waals surface area contributed by atoms with Crippen LogP contribution in [0.3, 0.4) is 0 Å². The molecule has 1 aliphatic rings. The lowest BCUT2D eigenvalue weighted by molar-refractivity contribution is 0.0216. The molecule has 0 aliphatic heterocycles. The number of benzene rings is 1. The van der Waals surface area contributed by atoms with Crippen LogP contribution in [0.4, 0.5) is 4.79 Å². The minimum Gasteiger partial charge on any atom is -0.493 e. The first-order chi connectivity index (χ1) is 12.7. The molecule has 1 saturated carbocycles. The van der Waals surface area contributed by atoms with Gasteiger partial charge >= 0.3 is 6.09 Å². The number of carbonyl (C=O) groups is 1. The first-order valence-corrected chi connectivity index (χ1v) is 10.0. The summed E-state index contributed by atoms with van der Waals surface area (Å²) in [5.41, 5.74) is 0.437. The monoisotopic (exact) mass is 443 g/mol. The zero-order chi connectivity index (χ0) is 20.0. The maximum absolute atomic E-state index is 12.6. The number of nitrogens with zero attached hydrogens (tertiary/aromatic N) is 1. The van der Waals surface area contributed by atoms with E-state index in [1.54, 1.807) is 19.1 Å². The maximum atomic E-state index is 12.6. The van der Waals surface area contributed by atoms with Crippen LogP contribution < -0.4 is 9.47 Å². The fraction of sp³-hybridized carbons (Fsp3) is 0.650. The fourth-order valence-corrected chi connectivity index (χ4v) is 3.04. The molecule has 1 amide bonds. The molecule has 0 heterocycles. The number of rotatable bonds is 9. The van der Waals surface area contributed by atoms with Gasteiger partial charge in [-0.15, -0.1) is 0 Å². The Balaban J connectivity index is 2.16. The average Bonchev–Trinajstić information content (AvgIpc) is 3.41. The zero-order valence-corrected chi connectivity index (χ0v) is 18.4. The van der Waals surface area contributed by atoms with Gasteiger partial charge in [0, 0.05) is 30.7 Å². The Kier molecular flexibility index (Phi) is 7.79. The van der Waals surface area contributed by atoms with Gasteiger partial charge < -0.3 is 23.8 Å². The lowest BCUT2D eigenvalue weighted by Gasteiger charge is -2.28. The Bertz CT molecular complexity index is 640. The van der Waals surface area contributed by atoms with Crippen molar-refractivity contribution in [2.24, 2.45) is 0 Å². The fourth-order valence-electron chi connectivity index (χ4n) is 2.59. The molecule has 1 fully saturated rings. The van der Waals surface area contributed by atoms with E-state index in [0.29, 0.717) is 31.3 Å². The van der Waals surface area contributed by atoms with Gasteiger partial charge in [-0.1, -0.05) is 15.9 Å². The number of halogens is 1. The predicted octanol–water partition coefficient (Wildman–Crippen LogP) is 4.77. The maximum Gasteiger partial charge on any atom is 0.410 e. The zero-order valence-electron chi connectivity index (χ0n) is 16.8. The minimum absolute atomic E-state index is 0.236. The molecular weight excluding hydrogens is 414 g/mol. The lowest BCUT2D eigenvalue weighted by atomic mass is 10.2. The Morgan fingerprint density at radius 3 is 2.44 bits per heavy atom. The highest BCUT2D eigenvalue weighted by molar-refractivity contribution is 9.10. The SMILES string of the molecule is COCCCOc1cc(CN(C(=O)OC(C)(C)C)C2CC2)c(Br)cc1OC. The number of hydrogen-bond donors (Lipinski definition) is 0. The third-order valence-corrected chi connectivity index (χ3v) is 4.78. The second kappa shape index (κ2) is 9.64. The first-order valence-electron chi connectivity index (χ1n) is 9.23. The molecule has 0 radical (unpaired) electrons. The summed E-state index contributed by atoms with van der Waals surface area (Å²) in [6.45, 7) is 7.27. The van der Waals surface area contributed by atoms with E-state index in [0.717, 1.165) is 29.3 Å². The van der Waals surface area contributed by atoms with Gasteiger partial charge in [0.1, 0.15) is 5.60 Å². The minimum atomic E-state index is -0.517. The first kappa shape index (κ1) is 21.8. The molecule has 0 aromatic heterocycles. The van der Waals surface area contributed by atoms with Crippen molar-refractivity contribution in [1.29, 1.82) is 0 Å². The predicted molar refractivity (Wildman–Crippen MR) is 107 cm³/mol. The van der Waals surface area contributed by atoms with Crippen LogP contribution in [0.5, 0.6) is 11.5 Å². The van der Waals surface area contributed by atoms with E-state index in [1.165, 1.54) is 0 Å². The highest BCUT2D eigenvalue weighted by Gasteiger charge is 2.35. The van der Waals surface area contributed by atoms with Crippen LogP contribution in [0.15, 0.2) is 16.6 Å². The molecule has 152 valence electrons. The van der Waals surface area contributed by atoms with Gasteiger partial charge in [0.2, 0.25) is 0 Å². The second-order valence-electron chi connectivity index (χ2n) is 7.63. The van der Waals surface area contributed by atoms with Crippen molar-refractivity contribution in [3.05, 3.63) is 22.2 Å². The summed E-state index contributed by atoms with van der Waals surface area (Å²) in [6.07, 6.45) is 2.52. The Morgan fingerprint density at radius 2 is 1.89 bits per heavy atom. The van der Waals surface area contributed by atoms with E-state index in [1.807, 2.05) is 32.9 Å². The molecule has 0 atom stereocenters. The van der Waals surface area contributed by atoms with Crippen LogP contribution in [0.1, 0.15) is 45.6 Å². The van der Waals surface area contributed by atoms with Crippen molar-refractivity contribution in [1.82, 2.24) is 4.90 Å². The number of hydrogen-bond acceptors (Lipinski definition) is 5. The van der Waals surface area contributed by atoms with Gasteiger partial charge in [0.25, 0.3) is 0 Å². The van der Waals surface area contributed by atoms with Crippen LogP contribution >= 0.6 is 15.9 Å². The van der Waals surface area contributed by atoms with Crippen molar-refractivity contribution < 1.29 is 23.7 Å². The van der Waals surface area contributed by atoms with Crippen LogP contribution in [-0.4, -0.2) is 50.1 Å². The molecule has 1 aromatic carbocycles. The van der Waals surface area contributed by atoms with E-state index in [-0.39, 0.29) is 12.1 Å². The van der Waals surface area contributed by atoms with Crippen molar-refractivity contribution >= 4 is 22.0 Å². The molecule has 27 heavy (non-hydrogen) atoms. The van der Waals surface area contributed by atoms with Gasteiger partial charge in [-0.3, -0.25) is 0 Å². The van der Waals surface area contributed by atoms with Crippen molar-refractivity contribution in [3.8, 4) is 11.5 Å². The van der Waals surface area contributed by atoms with Gasteiger partial charge in [-0.05, 0) is 51.3 Å². The van der Waals surface area contributed by atoms with Crippen molar-refractivity contribution in [2.45, 2.75) is 58.2 Å². The van der Waals surface area contributed by atoms with Crippen LogP contribution in [0.25, 0.3) is 0 Å². The smallest absolute Gasteiger partial charge is 0.410 e. The molecule has 7 heteroatoms. The molecule has 1 aromatic rings. The van der Waals surface area contributed by atoms with Crippen LogP contribution in [-0.2, 0) is 16.0 Å². The molecule has 0 N–H and O–H groups in total. The number of methoxy groups -OCH3 is 2. The largest absolute Gasteiger partial charge is 0.493 e. The Labute approximate surface area is 170 Å². The Hall–Kier alpha value is -1.47. The van der Waals surface area contributed by atoms with E-state index >= 15 is 0 Å². The third kappa shape index (κ3) is 6.88.